The van der Waals surface area contributed by atoms with Crippen molar-refractivity contribution < 1.29 is 34.2 Å². The summed E-state index contributed by atoms with van der Waals surface area (Å²) in [6, 6.07) is 12.0. The van der Waals surface area contributed by atoms with Crippen LogP contribution in [0.1, 0.15) is 38.8 Å². The highest BCUT2D eigenvalue weighted by Crippen LogP contribution is 2.16. The molecule has 0 aliphatic carbocycles. The van der Waals surface area contributed by atoms with Crippen molar-refractivity contribution in [3.05, 3.63) is 65.7 Å². The molecule has 0 bridgehead atoms. The predicted molar refractivity (Wildman–Crippen MR) is 151 cm³/mol. The lowest BCUT2D eigenvalue weighted by atomic mass is 9.90. The van der Waals surface area contributed by atoms with Gasteiger partial charge in [0.2, 0.25) is 23.6 Å². The molecule has 0 aromatic heterocycles. The lowest BCUT2D eigenvalue weighted by Gasteiger charge is -2.32. The van der Waals surface area contributed by atoms with Gasteiger partial charge < -0.3 is 37.2 Å². The third-order valence-corrected chi connectivity index (χ3v) is 6.44. The van der Waals surface area contributed by atoms with Gasteiger partial charge in [0.05, 0.1) is 12.6 Å². The Morgan fingerprint density at radius 3 is 2.05 bits per heavy atom. The van der Waals surface area contributed by atoms with E-state index in [4.69, 9.17) is 5.73 Å². The third kappa shape index (κ3) is 10.2. The Hall–Kier alpha value is -4.45. The van der Waals surface area contributed by atoms with Gasteiger partial charge in [-0.3, -0.25) is 19.2 Å². The molecule has 41 heavy (non-hydrogen) atoms. The molecule has 2 aromatic rings. The molecule has 2 rings (SSSR count). The molecule has 0 aliphatic rings. The van der Waals surface area contributed by atoms with Gasteiger partial charge in [0, 0.05) is 6.42 Å². The van der Waals surface area contributed by atoms with Crippen LogP contribution in [-0.4, -0.2) is 70.0 Å². The number of carboxylic acids is 1. The minimum absolute atomic E-state index is 0.0647. The first kappa shape index (κ1) is 32.8. The zero-order valence-electron chi connectivity index (χ0n) is 23.6. The number of nitrogens with two attached hydrogens (primary N) is 1. The summed E-state index contributed by atoms with van der Waals surface area (Å²) in [6.45, 7) is 5.72. The Kier molecular flexibility index (Phi) is 11.8. The number of carboxylic acid groups (broad SMARTS) is 1. The first-order valence-electron chi connectivity index (χ1n) is 13.2. The zero-order chi connectivity index (χ0) is 30.7. The van der Waals surface area contributed by atoms with Crippen LogP contribution in [0.5, 0.6) is 5.75 Å². The summed E-state index contributed by atoms with van der Waals surface area (Å²) in [7, 11) is 0. The second-order valence-electron chi connectivity index (χ2n) is 10.5. The van der Waals surface area contributed by atoms with E-state index >= 15 is 0 Å². The summed E-state index contributed by atoms with van der Waals surface area (Å²) < 4.78 is 0. The summed E-state index contributed by atoms with van der Waals surface area (Å²) in [6.07, 6.45) is 0.250. The number of hydrogen-bond acceptors (Lipinski definition) is 7. The average molecular weight is 570 g/mol. The highest BCUT2D eigenvalue weighted by Gasteiger charge is 2.38. The molecule has 0 heterocycles. The first-order valence-corrected chi connectivity index (χ1v) is 13.2. The van der Waals surface area contributed by atoms with Crippen molar-refractivity contribution in [2.75, 3.05) is 6.54 Å². The molecule has 0 aliphatic heterocycles. The molecule has 0 saturated carbocycles. The number of carbonyl (C=O) groups is 5. The number of amides is 4. The van der Waals surface area contributed by atoms with Gasteiger partial charge in [-0.15, -0.1) is 0 Å². The lowest BCUT2D eigenvalue weighted by molar-refractivity contribution is -0.144. The van der Waals surface area contributed by atoms with Crippen LogP contribution >= 0.6 is 0 Å². The highest BCUT2D eigenvalue weighted by molar-refractivity contribution is 5.96. The molecular formula is C29H39N5O7. The summed E-state index contributed by atoms with van der Waals surface area (Å²) in [5.74, 6) is -4.12. The van der Waals surface area contributed by atoms with Gasteiger partial charge in [0.15, 0.2) is 0 Å². The predicted octanol–water partition coefficient (Wildman–Crippen LogP) is 0.226. The largest absolute Gasteiger partial charge is 0.508 e. The van der Waals surface area contributed by atoms with Crippen molar-refractivity contribution in [3.8, 4) is 5.75 Å². The van der Waals surface area contributed by atoms with Crippen molar-refractivity contribution in [1.29, 1.82) is 0 Å². The van der Waals surface area contributed by atoms with E-state index in [2.05, 4.69) is 21.3 Å². The molecule has 0 unspecified atom stereocenters. The van der Waals surface area contributed by atoms with Gasteiger partial charge in [0.25, 0.3) is 0 Å². The number of nitrogens with one attached hydrogen (secondary N) is 4. The number of aromatic hydroxyl groups is 1. The Balaban J connectivity index is 1.99. The molecular weight excluding hydrogens is 530 g/mol. The Morgan fingerprint density at radius 2 is 1.49 bits per heavy atom. The van der Waals surface area contributed by atoms with Gasteiger partial charge in [0.1, 0.15) is 23.4 Å². The molecule has 4 atom stereocenters. The van der Waals surface area contributed by atoms with E-state index in [1.54, 1.807) is 56.3 Å². The summed E-state index contributed by atoms with van der Waals surface area (Å²) in [5.41, 5.74) is 5.86. The quantitative estimate of drug-likeness (QED) is 0.168. The number of phenolic OH excluding ortho intramolecular Hbond substituents is 1. The van der Waals surface area contributed by atoms with Crippen LogP contribution in [0.2, 0.25) is 0 Å². The fourth-order valence-electron chi connectivity index (χ4n) is 4.04. The molecule has 12 nitrogen and oxygen atoms in total. The standard InChI is InChI=1S/C29H39N5O7/c1-17(2)24(27(39)40)33-28(41)29(4,15-20-8-6-5-7-9-20)34-23(36)16-31-25(37)18(3)32-26(38)22(30)14-19-10-12-21(35)13-11-19/h5-13,17-18,22,24,35H,14-16,30H2,1-4H3,(H,31,37)(H,32,38)(H,33,41)(H,34,36)(H,39,40)/t18-,22+,24+,29+/m1/s1. The fourth-order valence-corrected chi connectivity index (χ4v) is 4.04. The maximum absolute atomic E-state index is 13.3. The molecule has 12 heteroatoms. The number of aliphatic carboxylic acids is 1. The number of carbonyl (C=O) groups excluding carboxylic acids is 4. The fraction of sp³-hybridized carbons (Fsp3) is 0.414. The monoisotopic (exact) mass is 569 g/mol. The van der Waals surface area contributed by atoms with Crippen molar-refractivity contribution in [2.45, 2.75) is 64.2 Å². The lowest BCUT2D eigenvalue weighted by Crippen LogP contribution is -2.62. The van der Waals surface area contributed by atoms with Gasteiger partial charge >= 0.3 is 5.97 Å². The van der Waals surface area contributed by atoms with Crippen molar-refractivity contribution >= 4 is 29.6 Å². The minimum Gasteiger partial charge on any atom is -0.508 e. The number of hydrogen-bond donors (Lipinski definition) is 7. The van der Waals surface area contributed by atoms with E-state index in [1.807, 2.05) is 0 Å². The van der Waals surface area contributed by atoms with E-state index in [0.29, 0.717) is 0 Å². The summed E-state index contributed by atoms with van der Waals surface area (Å²) >= 11 is 0. The van der Waals surface area contributed by atoms with Crippen molar-refractivity contribution in [2.24, 2.45) is 11.7 Å². The number of rotatable bonds is 14. The van der Waals surface area contributed by atoms with Crippen molar-refractivity contribution in [1.82, 2.24) is 21.3 Å². The number of benzene rings is 2. The van der Waals surface area contributed by atoms with Crippen LogP contribution in [0.25, 0.3) is 0 Å². The summed E-state index contributed by atoms with van der Waals surface area (Å²) in [5, 5.41) is 28.9. The second kappa shape index (κ2) is 14.8. The molecule has 4 amide bonds. The van der Waals surface area contributed by atoms with Gasteiger partial charge in [-0.25, -0.2) is 4.79 Å². The maximum atomic E-state index is 13.3. The van der Waals surface area contributed by atoms with Crippen LogP contribution in [0, 0.1) is 5.92 Å². The van der Waals surface area contributed by atoms with Gasteiger partial charge in [-0.2, -0.15) is 0 Å². The Labute approximate surface area is 239 Å². The van der Waals surface area contributed by atoms with Crippen LogP contribution in [-0.2, 0) is 36.8 Å². The minimum atomic E-state index is -1.54. The maximum Gasteiger partial charge on any atom is 0.326 e. The molecule has 0 saturated heterocycles. The summed E-state index contributed by atoms with van der Waals surface area (Å²) in [4.78, 5) is 62.8. The highest BCUT2D eigenvalue weighted by atomic mass is 16.4. The van der Waals surface area contributed by atoms with Gasteiger partial charge in [-0.05, 0) is 49.4 Å². The Morgan fingerprint density at radius 1 is 0.878 bits per heavy atom. The van der Waals surface area contributed by atoms with E-state index in [1.165, 1.54) is 26.0 Å². The van der Waals surface area contributed by atoms with Crippen LogP contribution < -0.4 is 27.0 Å². The molecule has 0 radical (unpaired) electrons. The van der Waals surface area contributed by atoms with Crippen LogP contribution in [0.15, 0.2) is 54.6 Å². The van der Waals surface area contributed by atoms with E-state index in [9.17, 15) is 34.2 Å². The van der Waals surface area contributed by atoms with Gasteiger partial charge in [-0.1, -0.05) is 56.3 Å². The molecule has 0 spiro atoms. The van der Waals surface area contributed by atoms with Crippen LogP contribution in [0.3, 0.4) is 0 Å². The average Bonchev–Trinajstić information content (AvgIpc) is 2.91. The first-order chi connectivity index (χ1) is 19.2. The smallest absolute Gasteiger partial charge is 0.326 e. The van der Waals surface area contributed by atoms with Crippen LogP contribution in [0.4, 0.5) is 0 Å². The molecule has 8 N–H and O–H groups in total. The van der Waals surface area contributed by atoms with E-state index in [0.717, 1.165) is 11.1 Å². The van der Waals surface area contributed by atoms with E-state index in [-0.39, 0.29) is 18.6 Å². The third-order valence-electron chi connectivity index (χ3n) is 6.44. The van der Waals surface area contributed by atoms with E-state index < -0.39 is 65.7 Å². The SMILES string of the molecule is CC(C)[C@H](NC(=O)[C@](C)(Cc1ccccc1)NC(=O)CNC(=O)[C@@H](C)NC(=O)[C@@H](N)Cc1ccc(O)cc1)C(=O)O. The number of phenols is 1. The topological polar surface area (TPSA) is 200 Å². The molecule has 0 fully saturated rings. The normalized spacial score (nSPS) is 14.6. The van der Waals surface area contributed by atoms with Crippen molar-refractivity contribution in [3.63, 3.8) is 0 Å². The molecule has 2 aromatic carbocycles. The second-order valence-corrected chi connectivity index (χ2v) is 10.5. The Bertz CT molecular complexity index is 1220. The zero-order valence-corrected chi connectivity index (χ0v) is 23.6. The molecule has 222 valence electrons.